The Morgan fingerprint density at radius 1 is 1.26 bits per heavy atom. The topological polar surface area (TPSA) is 78.4 Å². The van der Waals surface area contributed by atoms with Gasteiger partial charge in [0.1, 0.15) is 0 Å². The van der Waals surface area contributed by atoms with Crippen LogP contribution in [0.25, 0.3) is 11.4 Å². The molecular weight excluding hydrogens is 360 g/mol. The van der Waals surface area contributed by atoms with Gasteiger partial charge >= 0.3 is 6.61 Å². The van der Waals surface area contributed by atoms with Crippen LogP contribution in [0.15, 0.2) is 35.1 Å². The normalized spacial score (nSPS) is 11.4. The molecule has 0 aliphatic rings. The van der Waals surface area contributed by atoms with E-state index >= 15 is 0 Å². The molecular formula is C17H19F2N5O3. The number of hydrogen-bond acceptors (Lipinski definition) is 7. The van der Waals surface area contributed by atoms with Crippen molar-refractivity contribution in [2.45, 2.75) is 19.7 Å². The zero-order chi connectivity index (χ0) is 19.4. The fourth-order valence-corrected chi connectivity index (χ4v) is 2.59. The molecule has 0 N–H and O–H groups in total. The number of ether oxygens (including phenoxy) is 2. The summed E-state index contributed by atoms with van der Waals surface area (Å²) in [7, 11) is 5.16. The van der Waals surface area contributed by atoms with Crippen LogP contribution in [-0.2, 0) is 20.1 Å². The average Bonchev–Trinajstić information content (AvgIpc) is 3.24. The lowest BCUT2D eigenvalue weighted by molar-refractivity contribution is -0.0512. The average molecular weight is 379 g/mol. The fraction of sp³-hybridized carbons (Fsp3) is 0.353. The minimum atomic E-state index is -2.93. The van der Waals surface area contributed by atoms with Gasteiger partial charge in [0.25, 0.3) is 0 Å². The lowest BCUT2D eigenvalue weighted by atomic mass is 10.2. The Balaban J connectivity index is 1.69. The molecule has 144 valence electrons. The maximum absolute atomic E-state index is 12.4. The summed E-state index contributed by atoms with van der Waals surface area (Å²) >= 11 is 0. The van der Waals surface area contributed by atoms with E-state index in [-0.39, 0.29) is 11.5 Å². The first kappa shape index (κ1) is 18.8. The number of methoxy groups -OCH3 is 1. The molecule has 0 aliphatic heterocycles. The molecule has 2 aromatic heterocycles. The van der Waals surface area contributed by atoms with E-state index in [0.717, 1.165) is 5.56 Å². The van der Waals surface area contributed by atoms with Crippen LogP contribution in [0.4, 0.5) is 8.78 Å². The van der Waals surface area contributed by atoms with Gasteiger partial charge in [0.15, 0.2) is 11.5 Å². The molecule has 10 heteroatoms. The van der Waals surface area contributed by atoms with E-state index in [1.165, 1.54) is 19.2 Å². The molecule has 0 fully saturated rings. The van der Waals surface area contributed by atoms with Crippen LogP contribution in [-0.4, -0.2) is 45.6 Å². The highest BCUT2D eigenvalue weighted by Gasteiger charge is 2.15. The SMILES string of the molecule is COc1cc(-c2noc(CN(C)Cc3cnn(C)c3)n2)ccc1OC(F)F. The molecule has 2 heterocycles. The van der Waals surface area contributed by atoms with Crippen LogP contribution in [0.1, 0.15) is 11.5 Å². The lowest BCUT2D eigenvalue weighted by Gasteiger charge is -2.12. The molecule has 1 aromatic carbocycles. The highest BCUT2D eigenvalue weighted by atomic mass is 19.3. The predicted molar refractivity (Wildman–Crippen MR) is 91.3 cm³/mol. The third-order valence-electron chi connectivity index (χ3n) is 3.72. The standard InChI is InChI=1S/C17H19F2N5O3/c1-23(8-11-7-20-24(2)9-11)10-15-21-16(22-27-15)12-4-5-13(26-17(18)19)14(6-12)25-3/h4-7,9,17H,8,10H2,1-3H3. The summed E-state index contributed by atoms with van der Waals surface area (Å²) in [6.07, 6.45) is 3.73. The van der Waals surface area contributed by atoms with Gasteiger partial charge < -0.3 is 14.0 Å². The third kappa shape index (κ3) is 4.79. The minimum absolute atomic E-state index is 0.0591. The molecule has 0 saturated heterocycles. The lowest BCUT2D eigenvalue weighted by Crippen LogP contribution is -2.17. The molecule has 27 heavy (non-hydrogen) atoms. The van der Waals surface area contributed by atoms with Crippen LogP contribution in [0.5, 0.6) is 11.5 Å². The number of alkyl halides is 2. The van der Waals surface area contributed by atoms with Crippen LogP contribution in [0.3, 0.4) is 0 Å². The number of aryl methyl sites for hydroxylation is 1. The van der Waals surface area contributed by atoms with Gasteiger partial charge in [-0.15, -0.1) is 0 Å². The summed E-state index contributed by atoms with van der Waals surface area (Å²) in [5.41, 5.74) is 1.64. The first-order chi connectivity index (χ1) is 12.9. The van der Waals surface area contributed by atoms with Crippen molar-refractivity contribution in [2.24, 2.45) is 7.05 Å². The van der Waals surface area contributed by atoms with Gasteiger partial charge in [0, 0.05) is 30.9 Å². The Hall–Kier alpha value is -3.01. The van der Waals surface area contributed by atoms with Crippen LogP contribution < -0.4 is 9.47 Å². The monoisotopic (exact) mass is 379 g/mol. The van der Waals surface area contributed by atoms with Crippen molar-refractivity contribution in [1.29, 1.82) is 0 Å². The van der Waals surface area contributed by atoms with Gasteiger partial charge in [-0.1, -0.05) is 5.16 Å². The molecule has 0 bridgehead atoms. The fourth-order valence-electron chi connectivity index (χ4n) is 2.59. The van der Waals surface area contributed by atoms with Crippen molar-refractivity contribution in [3.63, 3.8) is 0 Å². The van der Waals surface area contributed by atoms with Crippen molar-refractivity contribution < 1.29 is 22.8 Å². The highest BCUT2D eigenvalue weighted by molar-refractivity contribution is 5.60. The second-order valence-electron chi connectivity index (χ2n) is 5.95. The van der Waals surface area contributed by atoms with Crippen LogP contribution in [0, 0.1) is 0 Å². The largest absolute Gasteiger partial charge is 0.493 e. The Bertz CT molecular complexity index is 896. The second kappa shape index (κ2) is 8.12. The first-order valence-electron chi connectivity index (χ1n) is 8.06. The number of rotatable bonds is 8. The molecule has 0 saturated carbocycles. The summed E-state index contributed by atoms with van der Waals surface area (Å²) < 4.78 is 41.3. The smallest absolute Gasteiger partial charge is 0.387 e. The van der Waals surface area contributed by atoms with Crippen molar-refractivity contribution in [3.8, 4) is 22.9 Å². The first-order valence-corrected chi connectivity index (χ1v) is 8.06. The minimum Gasteiger partial charge on any atom is -0.493 e. The van der Waals surface area contributed by atoms with E-state index in [4.69, 9.17) is 9.26 Å². The predicted octanol–water partition coefficient (Wildman–Crippen LogP) is 2.71. The number of hydrogen-bond donors (Lipinski definition) is 0. The molecule has 0 spiro atoms. The highest BCUT2D eigenvalue weighted by Crippen LogP contribution is 2.32. The zero-order valence-corrected chi connectivity index (χ0v) is 15.1. The molecule has 0 aliphatic carbocycles. The van der Waals surface area contributed by atoms with Crippen molar-refractivity contribution in [1.82, 2.24) is 24.8 Å². The summed E-state index contributed by atoms with van der Waals surface area (Å²) in [5, 5.41) is 8.07. The van der Waals surface area contributed by atoms with E-state index in [1.54, 1.807) is 16.9 Å². The van der Waals surface area contributed by atoms with Crippen molar-refractivity contribution >= 4 is 0 Å². The van der Waals surface area contributed by atoms with Gasteiger partial charge in [-0.3, -0.25) is 9.58 Å². The number of halogens is 2. The van der Waals surface area contributed by atoms with Gasteiger partial charge in [-0.25, -0.2) is 0 Å². The Labute approximate surface area is 154 Å². The Kier molecular flexibility index (Phi) is 5.65. The van der Waals surface area contributed by atoms with Crippen molar-refractivity contribution in [3.05, 3.63) is 42.0 Å². The summed E-state index contributed by atoms with van der Waals surface area (Å²) in [6, 6.07) is 4.46. The quantitative estimate of drug-likeness (QED) is 0.595. The van der Waals surface area contributed by atoms with E-state index < -0.39 is 6.61 Å². The van der Waals surface area contributed by atoms with E-state index in [9.17, 15) is 8.78 Å². The summed E-state index contributed by atoms with van der Waals surface area (Å²) in [6.45, 7) is -1.80. The van der Waals surface area contributed by atoms with Crippen LogP contribution >= 0.6 is 0 Å². The van der Waals surface area contributed by atoms with E-state index in [2.05, 4.69) is 20.0 Å². The summed E-state index contributed by atoms with van der Waals surface area (Å²) in [5.74, 6) is 0.869. The second-order valence-corrected chi connectivity index (χ2v) is 5.95. The maximum Gasteiger partial charge on any atom is 0.387 e. The van der Waals surface area contributed by atoms with Gasteiger partial charge in [0.05, 0.1) is 19.9 Å². The molecule has 0 radical (unpaired) electrons. The van der Waals surface area contributed by atoms with Crippen LogP contribution in [0.2, 0.25) is 0 Å². The van der Waals surface area contributed by atoms with Gasteiger partial charge in [0.2, 0.25) is 11.7 Å². The molecule has 0 amide bonds. The number of aromatic nitrogens is 4. The van der Waals surface area contributed by atoms with Gasteiger partial charge in [-0.2, -0.15) is 18.9 Å². The van der Waals surface area contributed by atoms with Gasteiger partial charge in [-0.05, 0) is 25.2 Å². The van der Waals surface area contributed by atoms with Crippen molar-refractivity contribution in [2.75, 3.05) is 14.2 Å². The molecule has 0 atom stereocenters. The molecule has 0 unspecified atom stereocenters. The maximum atomic E-state index is 12.4. The summed E-state index contributed by atoms with van der Waals surface area (Å²) in [4.78, 5) is 6.36. The molecule has 8 nitrogen and oxygen atoms in total. The molecule has 3 aromatic rings. The third-order valence-corrected chi connectivity index (χ3v) is 3.72. The number of nitrogens with zero attached hydrogens (tertiary/aromatic N) is 5. The van der Waals surface area contributed by atoms with E-state index in [0.29, 0.717) is 30.4 Å². The van der Waals surface area contributed by atoms with E-state index in [1.807, 2.05) is 25.2 Å². The molecule has 3 rings (SSSR count). The number of benzene rings is 1. The Morgan fingerprint density at radius 2 is 2.07 bits per heavy atom. The Morgan fingerprint density at radius 3 is 2.74 bits per heavy atom. The zero-order valence-electron chi connectivity index (χ0n) is 15.1.